The number of hydrogen-bond donors (Lipinski definition) is 1. The smallest absolute Gasteiger partial charge is 0.0802 e. The van der Waals surface area contributed by atoms with Crippen LogP contribution in [0.1, 0.15) is 11.3 Å². The molecule has 0 saturated carbocycles. The minimum Gasteiger partial charge on any atom is -0.379 e. The minimum atomic E-state index is 0.799. The van der Waals surface area contributed by atoms with Crippen molar-refractivity contribution >= 4 is 28.6 Å². The molecule has 0 aliphatic carbocycles. The van der Waals surface area contributed by atoms with E-state index in [9.17, 15) is 0 Å². The number of nitrogens with zero attached hydrogens (tertiary/aromatic N) is 1. The van der Waals surface area contributed by atoms with Crippen LogP contribution in [0.3, 0.4) is 0 Å². The van der Waals surface area contributed by atoms with Gasteiger partial charge in [-0.05, 0) is 24.6 Å². The lowest BCUT2D eigenvalue weighted by atomic mass is 10.0. The molecule has 1 aromatic carbocycles. The second kappa shape index (κ2) is 3.22. The Balaban J connectivity index is 2.31. The molecule has 2 nitrogen and oxygen atoms in total. The number of halogens is 1. The second-order valence-electron chi connectivity index (χ2n) is 3.58. The summed E-state index contributed by atoms with van der Waals surface area (Å²) in [5.41, 5.74) is 6.52. The van der Waals surface area contributed by atoms with Gasteiger partial charge in [0.2, 0.25) is 0 Å². The number of nitrogens with one attached hydrogen (secondary N) is 1. The molecular weight excluding hydrogens is 228 g/mol. The van der Waals surface area contributed by atoms with Gasteiger partial charge >= 0.3 is 0 Å². The predicted octanol–water partition coefficient (Wildman–Crippen LogP) is 3.70. The molecule has 1 aromatic heterocycles. The van der Waals surface area contributed by atoms with Crippen molar-refractivity contribution in [3.05, 3.63) is 33.9 Å². The molecule has 76 valence electrons. The van der Waals surface area contributed by atoms with Crippen LogP contribution in [0.2, 0.25) is 5.02 Å². The third-order valence-electron chi connectivity index (χ3n) is 2.72. The number of benzene rings is 1. The molecule has 3 rings (SSSR count). The molecule has 0 radical (unpaired) electrons. The fourth-order valence-electron chi connectivity index (χ4n) is 1.89. The summed E-state index contributed by atoms with van der Waals surface area (Å²) in [7, 11) is 0. The number of rotatable bonds is 0. The van der Waals surface area contributed by atoms with E-state index < -0.39 is 0 Å². The van der Waals surface area contributed by atoms with E-state index in [1.807, 2.05) is 18.5 Å². The fourth-order valence-corrected chi connectivity index (χ4v) is 2.89. The fraction of sp³-hybridized carbons (Fsp3) is 0.182. The average Bonchev–Trinajstić information content (AvgIpc) is 2.71. The van der Waals surface area contributed by atoms with Crippen molar-refractivity contribution in [2.45, 2.75) is 13.5 Å². The normalized spacial score (nSPS) is 12.9. The number of hydrogen-bond acceptors (Lipinski definition) is 3. The molecule has 2 aromatic rings. The van der Waals surface area contributed by atoms with Crippen LogP contribution in [0, 0.1) is 6.92 Å². The first-order valence-electron chi connectivity index (χ1n) is 4.73. The van der Waals surface area contributed by atoms with Gasteiger partial charge in [0.1, 0.15) is 0 Å². The summed E-state index contributed by atoms with van der Waals surface area (Å²) in [4.78, 5) is 5.60. The maximum atomic E-state index is 6.09. The number of thiazole rings is 1. The molecule has 0 bridgehead atoms. The van der Waals surface area contributed by atoms with Gasteiger partial charge in [-0.3, -0.25) is 0 Å². The molecule has 1 aliphatic rings. The first-order chi connectivity index (χ1) is 7.27. The second-order valence-corrected chi connectivity index (χ2v) is 4.84. The van der Waals surface area contributed by atoms with Gasteiger partial charge in [-0.15, -0.1) is 11.3 Å². The lowest BCUT2D eigenvalue weighted by Crippen LogP contribution is -2.09. The average molecular weight is 237 g/mol. The van der Waals surface area contributed by atoms with Crippen molar-refractivity contribution in [2.75, 3.05) is 5.32 Å². The highest BCUT2D eigenvalue weighted by atomic mass is 35.5. The standard InChI is InChI=1S/C11H9ClN2S/c1-6-8(12)3-2-7-10(6)13-4-9-11(7)15-5-14-9/h2-3,5,13H,4H2,1H3. The molecule has 15 heavy (non-hydrogen) atoms. The van der Waals surface area contributed by atoms with Crippen LogP contribution < -0.4 is 5.32 Å². The quantitative estimate of drug-likeness (QED) is 0.755. The minimum absolute atomic E-state index is 0.799. The molecule has 0 amide bonds. The van der Waals surface area contributed by atoms with Crippen LogP contribution in [-0.4, -0.2) is 4.98 Å². The van der Waals surface area contributed by atoms with E-state index >= 15 is 0 Å². The summed E-state index contributed by atoms with van der Waals surface area (Å²) < 4.78 is 0. The van der Waals surface area contributed by atoms with Gasteiger partial charge < -0.3 is 5.32 Å². The maximum Gasteiger partial charge on any atom is 0.0802 e. The molecule has 0 fully saturated rings. The van der Waals surface area contributed by atoms with E-state index in [2.05, 4.69) is 16.4 Å². The van der Waals surface area contributed by atoms with Gasteiger partial charge in [-0.2, -0.15) is 0 Å². The van der Waals surface area contributed by atoms with Crippen LogP contribution >= 0.6 is 22.9 Å². The van der Waals surface area contributed by atoms with Crippen molar-refractivity contribution in [2.24, 2.45) is 0 Å². The van der Waals surface area contributed by atoms with Crippen molar-refractivity contribution in [1.82, 2.24) is 4.98 Å². The van der Waals surface area contributed by atoms with E-state index in [-0.39, 0.29) is 0 Å². The van der Waals surface area contributed by atoms with Crippen molar-refractivity contribution in [1.29, 1.82) is 0 Å². The summed E-state index contributed by atoms with van der Waals surface area (Å²) in [6.07, 6.45) is 0. The van der Waals surface area contributed by atoms with Gasteiger partial charge in [0, 0.05) is 16.3 Å². The Kier molecular flexibility index (Phi) is 1.97. The zero-order valence-electron chi connectivity index (χ0n) is 8.17. The Morgan fingerprint density at radius 3 is 3.20 bits per heavy atom. The Morgan fingerprint density at radius 1 is 1.47 bits per heavy atom. The monoisotopic (exact) mass is 236 g/mol. The SMILES string of the molecule is Cc1c(Cl)ccc2c1NCc1ncsc1-2. The molecular formula is C11H9ClN2S. The molecule has 1 aliphatic heterocycles. The Hall–Kier alpha value is -1.06. The van der Waals surface area contributed by atoms with E-state index in [1.54, 1.807) is 11.3 Å². The summed E-state index contributed by atoms with van der Waals surface area (Å²) in [5.74, 6) is 0. The predicted molar refractivity (Wildman–Crippen MR) is 64.6 cm³/mol. The van der Waals surface area contributed by atoms with Gasteiger partial charge in [-0.25, -0.2) is 4.98 Å². The molecule has 0 spiro atoms. The highest BCUT2D eigenvalue weighted by molar-refractivity contribution is 7.13. The van der Waals surface area contributed by atoms with E-state index in [0.29, 0.717) is 0 Å². The first kappa shape index (κ1) is 9.19. The highest BCUT2D eigenvalue weighted by Crippen LogP contribution is 2.41. The van der Waals surface area contributed by atoms with Crippen LogP contribution in [-0.2, 0) is 6.54 Å². The van der Waals surface area contributed by atoms with E-state index in [0.717, 1.165) is 28.5 Å². The topological polar surface area (TPSA) is 24.9 Å². The summed E-state index contributed by atoms with van der Waals surface area (Å²) in [6.45, 7) is 2.84. The summed E-state index contributed by atoms with van der Waals surface area (Å²) >= 11 is 7.78. The lowest BCUT2D eigenvalue weighted by Gasteiger charge is -2.20. The Morgan fingerprint density at radius 2 is 2.33 bits per heavy atom. The number of aromatic nitrogens is 1. The number of anilines is 1. The van der Waals surface area contributed by atoms with Crippen molar-refractivity contribution < 1.29 is 0 Å². The molecule has 0 unspecified atom stereocenters. The third-order valence-corrected chi connectivity index (χ3v) is 4.03. The van der Waals surface area contributed by atoms with Crippen LogP contribution in [0.15, 0.2) is 17.6 Å². The molecule has 1 N–H and O–H groups in total. The zero-order valence-corrected chi connectivity index (χ0v) is 9.75. The molecule has 4 heteroatoms. The van der Waals surface area contributed by atoms with E-state index in [1.165, 1.54) is 10.4 Å². The van der Waals surface area contributed by atoms with Gasteiger partial charge in [0.15, 0.2) is 0 Å². The van der Waals surface area contributed by atoms with Gasteiger partial charge in [-0.1, -0.05) is 11.6 Å². The lowest BCUT2D eigenvalue weighted by molar-refractivity contribution is 1.05. The number of fused-ring (bicyclic) bond motifs is 3. The Bertz CT molecular complexity index is 533. The van der Waals surface area contributed by atoms with Crippen LogP contribution in [0.25, 0.3) is 10.4 Å². The Labute approximate surface area is 96.9 Å². The summed E-state index contributed by atoms with van der Waals surface area (Å²) in [5, 5.41) is 4.19. The third kappa shape index (κ3) is 1.27. The largest absolute Gasteiger partial charge is 0.379 e. The molecule has 2 heterocycles. The first-order valence-corrected chi connectivity index (χ1v) is 5.99. The highest BCUT2D eigenvalue weighted by Gasteiger charge is 2.20. The zero-order chi connectivity index (χ0) is 10.4. The molecule has 0 saturated heterocycles. The summed E-state index contributed by atoms with van der Waals surface area (Å²) in [6, 6.07) is 4.01. The van der Waals surface area contributed by atoms with Crippen molar-refractivity contribution in [3.8, 4) is 10.4 Å². The van der Waals surface area contributed by atoms with Crippen molar-refractivity contribution in [3.63, 3.8) is 0 Å². The van der Waals surface area contributed by atoms with Crippen LogP contribution in [0.4, 0.5) is 5.69 Å². The molecule has 0 atom stereocenters. The van der Waals surface area contributed by atoms with Crippen LogP contribution in [0.5, 0.6) is 0 Å². The van der Waals surface area contributed by atoms with Gasteiger partial charge in [0.25, 0.3) is 0 Å². The van der Waals surface area contributed by atoms with Gasteiger partial charge in [0.05, 0.1) is 22.6 Å². The maximum absolute atomic E-state index is 6.09. The van der Waals surface area contributed by atoms with E-state index in [4.69, 9.17) is 11.6 Å².